The molecule has 0 aliphatic carbocycles. The number of aldehydes is 1. The zero-order valence-corrected chi connectivity index (χ0v) is 9.95. The highest BCUT2D eigenvalue weighted by atomic mass is 16.1. The Hall–Kier alpha value is -0.850. The molecule has 0 bridgehead atoms. The largest absolute Gasteiger partial charge is 0.303 e. The van der Waals surface area contributed by atoms with Crippen LogP contribution in [-0.2, 0) is 4.79 Å². The lowest BCUT2D eigenvalue weighted by atomic mass is 10.1. The van der Waals surface area contributed by atoms with Crippen molar-refractivity contribution in [1.29, 1.82) is 0 Å². The molecular weight excluding hydrogens is 184 g/mol. The summed E-state index contributed by atoms with van der Waals surface area (Å²) in [5.74, 6) is 0. The van der Waals surface area contributed by atoms with Gasteiger partial charge in [0.25, 0.3) is 0 Å². The zero-order valence-electron chi connectivity index (χ0n) is 9.95. The zero-order chi connectivity index (χ0) is 11.2. The smallest absolute Gasteiger partial charge is 0.119 e. The maximum atomic E-state index is 10.0. The highest BCUT2D eigenvalue weighted by molar-refractivity contribution is 5.48. The summed E-state index contributed by atoms with van der Waals surface area (Å²) in [4.78, 5) is 10.0. The van der Waals surface area contributed by atoms with Crippen molar-refractivity contribution in [2.24, 2.45) is 0 Å². The minimum Gasteiger partial charge on any atom is -0.303 e. The number of unbranched alkanes of at least 4 members (excludes halogenated alkanes) is 6. The summed E-state index contributed by atoms with van der Waals surface area (Å²) < 4.78 is 0. The number of hydrogen-bond acceptors (Lipinski definition) is 1. The minimum absolute atomic E-state index is 0.738. The third-order valence-electron chi connectivity index (χ3n) is 2.31. The number of carbonyl (C=O) groups excluding carboxylic acids is 1. The predicted octanol–water partition coefficient (Wildman–Crippen LogP) is 4.44. The fourth-order valence-corrected chi connectivity index (χ4v) is 1.41. The van der Waals surface area contributed by atoms with E-state index < -0.39 is 0 Å². The summed E-state index contributed by atoms with van der Waals surface area (Å²) in [7, 11) is 0. The third kappa shape index (κ3) is 13.2. The summed E-state index contributed by atoms with van der Waals surface area (Å²) in [6.07, 6.45) is 18.8. The number of allylic oxidation sites excluding steroid dienone is 4. The second kappa shape index (κ2) is 13.2. The van der Waals surface area contributed by atoms with Crippen LogP contribution >= 0.6 is 0 Å². The standard InChI is InChI=1S/C14H24O/c1-2-3-4-5-6-7-8-9-10-11-12-13-14-15/h3-6,14H,2,7-13H2,1H3/b4-3-,6-5+. The van der Waals surface area contributed by atoms with Gasteiger partial charge >= 0.3 is 0 Å². The van der Waals surface area contributed by atoms with Crippen LogP contribution in [-0.4, -0.2) is 6.29 Å². The van der Waals surface area contributed by atoms with Crippen LogP contribution in [0.2, 0.25) is 0 Å². The average molecular weight is 208 g/mol. The summed E-state index contributed by atoms with van der Waals surface area (Å²) in [6, 6.07) is 0. The topological polar surface area (TPSA) is 17.1 Å². The maximum Gasteiger partial charge on any atom is 0.119 e. The molecular formula is C14H24O. The molecule has 0 N–H and O–H groups in total. The highest BCUT2D eigenvalue weighted by Gasteiger charge is 1.88. The lowest BCUT2D eigenvalue weighted by Crippen LogP contribution is -1.79. The normalized spacial score (nSPS) is 11.5. The molecule has 15 heavy (non-hydrogen) atoms. The third-order valence-corrected chi connectivity index (χ3v) is 2.31. The Morgan fingerprint density at radius 3 is 2.07 bits per heavy atom. The van der Waals surface area contributed by atoms with Gasteiger partial charge in [-0.2, -0.15) is 0 Å². The van der Waals surface area contributed by atoms with Crippen LogP contribution in [0, 0.1) is 0 Å². The Labute approximate surface area is 94.3 Å². The summed E-state index contributed by atoms with van der Waals surface area (Å²) in [6.45, 7) is 2.14. The van der Waals surface area contributed by atoms with E-state index >= 15 is 0 Å². The van der Waals surface area contributed by atoms with Crippen LogP contribution in [0.3, 0.4) is 0 Å². The summed E-state index contributed by atoms with van der Waals surface area (Å²) in [5.41, 5.74) is 0. The molecule has 0 saturated carbocycles. The Morgan fingerprint density at radius 2 is 1.40 bits per heavy atom. The van der Waals surface area contributed by atoms with Crippen molar-refractivity contribution in [3.8, 4) is 0 Å². The van der Waals surface area contributed by atoms with Gasteiger partial charge in [-0.15, -0.1) is 0 Å². The van der Waals surface area contributed by atoms with Crippen molar-refractivity contribution < 1.29 is 4.79 Å². The molecule has 0 aliphatic heterocycles. The summed E-state index contributed by atoms with van der Waals surface area (Å²) in [5, 5.41) is 0. The second-order valence-electron chi connectivity index (χ2n) is 3.78. The van der Waals surface area contributed by atoms with Crippen LogP contribution in [0.4, 0.5) is 0 Å². The van der Waals surface area contributed by atoms with Crippen molar-refractivity contribution in [3.05, 3.63) is 24.3 Å². The van der Waals surface area contributed by atoms with Gasteiger partial charge in [-0.25, -0.2) is 0 Å². The van der Waals surface area contributed by atoms with Gasteiger partial charge in [0.1, 0.15) is 6.29 Å². The molecule has 0 atom stereocenters. The van der Waals surface area contributed by atoms with E-state index in [1.165, 1.54) is 32.1 Å². The second-order valence-corrected chi connectivity index (χ2v) is 3.78. The van der Waals surface area contributed by atoms with Gasteiger partial charge in [-0.1, -0.05) is 50.5 Å². The first-order valence-electron chi connectivity index (χ1n) is 6.17. The van der Waals surface area contributed by atoms with Crippen LogP contribution < -0.4 is 0 Å². The molecule has 0 aromatic rings. The maximum absolute atomic E-state index is 10.0. The number of hydrogen-bond donors (Lipinski definition) is 0. The van der Waals surface area contributed by atoms with E-state index in [1.54, 1.807) is 0 Å². The van der Waals surface area contributed by atoms with Gasteiger partial charge in [0, 0.05) is 6.42 Å². The Bertz CT molecular complexity index is 180. The molecule has 0 unspecified atom stereocenters. The Morgan fingerprint density at radius 1 is 0.800 bits per heavy atom. The molecule has 86 valence electrons. The van der Waals surface area contributed by atoms with Crippen LogP contribution in [0.25, 0.3) is 0 Å². The molecule has 0 heterocycles. The van der Waals surface area contributed by atoms with E-state index in [1.807, 2.05) is 0 Å². The van der Waals surface area contributed by atoms with Crippen LogP contribution in [0.5, 0.6) is 0 Å². The van der Waals surface area contributed by atoms with Crippen molar-refractivity contribution in [2.75, 3.05) is 0 Å². The molecule has 1 nitrogen and oxygen atoms in total. The van der Waals surface area contributed by atoms with Crippen molar-refractivity contribution in [1.82, 2.24) is 0 Å². The highest BCUT2D eigenvalue weighted by Crippen LogP contribution is 2.06. The van der Waals surface area contributed by atoms with Crippen molar-refractivity contribution in [2.45, 2.75) is 58.3 Å². The van der Waals surface area contributed by atoms with E-state index in [9.17, 15) is 4.79 Å². The van der Waals surface area contributed by atoms with Gasteiger partial charge in [0.2, 0.25) is 0 Å². The molecule has 0 aliphatic rings. The lowest BCUT2D eigenvalue weighted by molar-refractivity contribution is -0.107. The van der Waals surface area contributed by atoms with Crippen LogP contribution in [0.1, 0.15) is 58.3 Å². The molecule has 0 aromatic carbocycles. The molecule has 0 aromatic heterocycles. The first kappa shape index (κ1) is 14.2. The number of rotatable bonds is 10. The van der Waals surface area contributed by atoms with E-state index in [4.69, 9.17) is 0 Å². The predicted molar refractivity (Wildman–Crippen MR) is 67.0 cm³/mol. The SMILES string of the molecule is CC/C=C\C=C\CCCCCCCC=O. The van der Waals surface area contributed by atoms with E-state index in [0.717, 1.165) is 25.5 Å². The Balaban J connectivity index is 3.07. The Kier molecular flexibility index (Phi) is 12.4. The van der Waals surface area contributed by atoms with Gasteiger partial charge in [-0.3, -0.25) is 0 Å². The monoisotopic (exact) mass is 208 g/mol. The van der Waals surface area contributed by atoms with Crippen molar-refractivity contribution in [3.63, 3.8) is 0 Å². The van der Waals surface area contributed by atoms with Gasteiger partial charge in [0.05, 0.1) is 0 Å². The first-order valence-corrected chi connectivity index (χ1v) is 6.17. The fourth-order valence-electron chi connectivity index (χ4n) is 1.41. The minimum atomic E-state index is 0.738. The molecule has 0 saturated heterocycles. The summed E-state index contributed by atoms with van der Waals surface area (Å²) >= 11 is 0. The van der Waals surface area contributed by atoms with Gasteiger partial charge in [0.15, 0.2) is 0 Å². The average Bonchev–Trinajstić information content (AvgIpc) is 2.26. The molecule has 0 fully saturated rings. The molecule has 0 rings (SSSR count). The van der Waals surface area contributed by atoms with Gasteiger partial charge in [-0.05, 0) is 25.7 Å². The molecule has 0 amide bonds. The van der Waals surface area contributed by atoms with Crippen LogP contribution in [0.15, 0.2) is 24.3 Å². The fraction of sp³-hybridized carbons (Fsp3) is 0.643. The van der Waals surface area contributed by atoms with E-state index in [-0.39, 0.29) is 0 Å². The molecule has 0 spiro atoms. The van der Waals surface area contributed by atoms with Crippen molar-refractivity contribution >= 4 is 6.29 Å². The number of carbonyl (C=O) groups is 1. The van der Waals surface area contributed by atoms with E-state index in [0.29, 0.717) is 0 Å². The lowest BCUT2D eigenvalue weighted by Gasteiger charge is -1.96. The van der Waals surface area contributed by atoms with E-state index in [2.05, 4.69) is 31.2 Å². The van der Waals surface area contributed by atoms with Gasteiger partial charge < -0.3 is 4.79 Å². The first-order chi connectivity index (χ1) is 7.41. The quantitative estimate of drug-likeness (QED) is 0.295. The molecule has 1 heteroatoms. The molecule has 0 radical (unpaired) electrons.